The first-order valence-corrected chi connectivity index (χ1v) is 6.84. The van der Waals surface area contributed by atoms with Gasteiger partial charge in [0.2, 0.25) is 0 Å². The van der Waals surface area contributed by atoms with Gasteiger partial charge >= 0.3 is 6.09 Å². The lowest BCUT2D eigenvalue weighted by Crippen LogP contribution is -2.40. The molecule has 20 heavy (non-hydrogen) atoms. The molecular formula is C16H19NO3. The number of rotatable bonds is 4. The van der Waals surface area contributed by atoms with Gasteiger partial charge in [0.15, 0.2) is 0 Å². The zero-order valence-corrected chi connectivity index (χ0v) is 11.8. The van der Waals surface area contributed by atoms with Crippen LogP contribution in [0.15, 0.2) is 42.0 Å². The molecule has 0 aromatic heterocycles. The van der Waals surface area contributed by atoms with Crippen LogP contribution >= 0.6 is 0 Å². The number of carbonyl (C=O) groups is 2. The monoisotopic (exact) mass is 273 g/mol. The SMILES string of the molecule is CC/C=C(\C)C(=O)N1C(=O)OC[C@H]1Cc1ccccc1. The molecule has 0 spiro atoms. The summed E-state index contributed by atoms with van der Waals surface area (Å²) in [5, 5.41) is 0. The molecule has 4 nitrogen and oxygen atoms in total. The highest BCUT2D eigenvalue weighted by molar-refractivity contribution is 6.03. The molecule has 4 heteroatoms. The predicted octanol–water partition coefficient (Wildman–Crippen LogP) is 2.93. The van der Waals surface area contributed by atoms with E-state index in [9.17, 15) is 9.59 Å². The van der Waals surface area contributed by atoms with E-state index in [0.717, 1.165) is 12.0 Å². The number of hydrogen-bond donors (Lipinski definition) is 0. The summed E-state index contributed by atoms with van der Waals surface area (Å²) >= 11 is 0. The van der Waals surface area contributed by atoms with Crippen LogP contribution in [0.5, 0.6) is 0 Å². The third-order valence-electron chi connectivity index (χ3n) is 3.34. The number of allylic oxidation sites excluding steroid dienone is 1. The van der Waals surface area contributed by atoms with Crippen molar-refractivity contribution in [1.29, 1.82) is 0 Å². The van der Waals surface area contributed by atoms with E-state index in [1.165, 1.54) is 4.90 Å². The van der Waals surface area contributed by atoms with Crippen LogP contribution in [0.3, 0.4) is 0 Å². The van der Waals surface area contributed by atoms with Crippen molar-refractivity contribution in [3.63, 3.8) is 0 Å². The number of amides is 2. The van der Waals surface area contributed by atoms with Crippen LogP contribution in [0.25, 0.3) is 0 Å². The maximum absolute atomic E-state index is 12.3. The molecule has 106 valence electrons. The van der Waals surface area contributed by atoms with Gasteiger partial charge in [0, 0.05) is 5.57 Å². The molecular weight excluding hydrogens is 254 g/mol. The minimum absolute atomic E-state index is 0.224. The number of carbonyl (C=O) groups excluding carboxylic acids is 2. The molecule has 1 aliphatic rings. The van der Waals surface area contributed by atoms with Crippen LogP contribution in [-0.4, -0.2) is 29.5 Å². The molecule has 1 fully saturated rings. The van der Waals surface area contributed by atoms with Crippen molar-refractivity contribution in [3.05, 3.63) is 47.5 Å². The van der Waals surface area contributed by atoms with Gasteiger partial charge in [-0.1, -0.05) is 43.3 Å². The number of cyclic esters (lactones) is 1. The first kappa shape index (κ1) is 14.3. The largest absolute Gasteiger partial charge is 0.447 e. The summed E-state index contributed by atoms with van der Waals surface area (Å²) in [6.07, 6.45) is 2.68. The summed E-state index contributed by atoms with van der Waals surface area (Å²) in [6, 6.07) is 9.58. The first-order chi connectivity index (χ1) is 9.63. The van der Waals surface area contributed by atoms with Gasteiger partial charge in [-0.05, 0) is 25.3 Å². The molecule has 0 bridgehead atoms. The summed E-state index contributed by atoms with van der Waals surface area (Å²) in [5.74, 6) is -0.254. The van der Waals surface area contributed by atoms with Crippen molar-refractivity contribution in [1.82, 2.24) is 4.90 Å². The molecule has 0 radical (unpaired) electrons. The third-order valence-corrected chi connectivity index (χ3v) is 3.34. The Morgan fingerprint density at radius 2 is 2.10 bits per heavy atom. The average Bonchev–Trinajstić information content (AvgIpc) is 2.80. The Balaban J connectivity index is 2.15. The second-order valence-corrected chi connectivity index (χ2v) is 4.89. The van der Waals surface area contributed by atoms with E-state index in [1.54, 1.807) is 6.92 Å². The number of nitrogens with zero attached hydrogens (tertiary/aromatic N) is 1. The Hall–Kier alpha value is -2.10. The van der Waals surface area contributed by atoms with E-state index in [1.807, 2.05) is 43.3 Å². The number of ether oxygens (including phenoxy) is 1. The molecule has 1 atom stereocenters. The maximum atomic E-state index is 12.3. The topological polar surface area (TPSA) is 46.6 Å². The standard InChI is InChI=1S/C16H19NO3/c1-3-7-12(2)15(18)17-14(11-20-16(17)19)10-13-8-5-4-6-9-13/h4-9,14H,3,10-11H2,1-2H3/b12-7+/t14-/m1/s1. The molecule has 1 aliphatic heterocycles. The predicted molar refractivity (Wildman–Crippen MR) is 76.2 cm³/mol. The summed E-state index contributed by atoms with van der Waals surface area (Å²) < 4.78 is 5.04. The van der Waals surface area contributed by atoms with E-state index in [4.69, 9.17) is 4.74 Å². The van der Waals surface area contributed by atoms with Gasteiger partial charge in [-0.15, -0.1) is 0 Å². The molecule has 0 N–H and O–H groups in total. The van der Waals surface area contributed by atoms with E-state index in [-0.39, 0.29) is 18.6 Å². The maximum Gasteiger partial charge on any atom is 0.417 e. The summed E-state index contributed by atoms with van der Waals surface area (Å²) in [7, 11) is 0. The fraction of sp³-hybridized carbons (Fsp3) is 0.375. The van der Waals surface area contributed by atoms with E-state index < -0.39 is 6.09 Å². The molecule has 1 aromatic carbocycles. The third kappa shape index (κ3) is 3.07. The lowest BCUT2D eigenvalue weighted by molar-refractivity contribution is -0.125. The molecule has 1 heterocycles. The lowest BCUT2D eigenvalue weighted by atomic mass is 10.1. The fourth-order valence-electron chi connectivity index (χ4n) is 2.33. The molecule has 1 aromatic rings. The first-order valence-electron chi connectivity index (χ1n) is 6.84. The van der Waals surface area contributed by atoms with Crippen LogP contribution < -0.4 is 0 Å². The van der Waals surface area contributed by atoms with Gasteiger partial charge in [-0.3, -0.25) is 4.79 Å². The Labute approximate surface area is 119 Å². The highest BCUT2D eigenvalue weighted by Gasteiger charge is 2.38. The minimum Gasteiger partial charge on any atom is -0.447 e. The number of hydrogen-bond acceptors (Lipinski definition) is 3. The molecule has 2 amide bonds. The van der Waals surface area contributed by atoms with Crippen LogP contribution in [-0.2, 0) is 16.0 Å². The zero-order chi connectivity index (χ0) is 14.5. The van der Waals surface area contributed by atoms with E-state index >= 15 is 0 Å². The van der Waals surface area contributed by atoms with Crippen molar-refractivity contribution >= 4 is 12.0 Å². The molecule has 0 unspecified atom stereocenters. The molecule has 1 saturated heterocycles. The molecule has 2 rings (SSSR count). The van der Waals surface area contributed by atoms with Crippen molar-refractivity contribution in [2.75, 3.05) is 6.61 Å². The number of imide groups is 1. The number of benzene rings is 1. The van der Waals surface area contributed by atoms with Gasteiger partial charge in [0.25, 0.3) is 5.91 Å². The van der Waals surface area contributed by atoms with Crippen molar-refractivity contribution in [2.45, 2.75) is 32.7 Å². The quantitative estimate of drug-likeness (QED) is 0.792. The highest BCUT2D eigenvalue weighted by atomic mass is 16.6. The van der Waals surface area contributed by atoms with Crippen LogP contribution in [0.4, 0.5) is 4.79 Å². The van der Waals surface area contributed by atoms with Gasteiger partial charge in [-0.2, -0.15) is 0 Å². The molecule has 0 aliphatic carbocycles. The van der Waals surface area contributed by atoms with Crippen LogP contribution in [0, 0.1) is 0 Å². The second-order valence-electron chi connectivity index (χ2n) is 4.89. The van der Waals surface area contributed by atoms with Gasteiger partial charge < -0.3 is 4.74 Å². The fourth-order valence-corrected chi connectivity index (χ4v) is 2.33. The Morgan fingerprint density at radius 3 is 2.75 bits per heavy atom. The van der Waals surface area contributed by atoms with Gasteiger partial charge in [0.05, 0.1) is 6.04 Å². The Kier molecular flexibility index (Phi) is 4.56. The minimum atomic E-state index is -0.542. The van der Waals surface area contributed by atoms with Crippen molar-refractivity contribution in [3.8, 4) is 0 Å². The normalized spacial score (nSPS) is 19.1. The lowest BCUT2D eigenvalue weighted by Gasteiger charge is -2.20. The molecule has 0 saturated carbocycles. The Bertz CT molecular complexity index is 522. The van der Waals surface area contributed by atoms with Crippen LogP contribution in [0.1, 0.15) is 25.8 Å². The van der Waals surface area contributed by atoms with Gasteiger partial charge in [-0.25, -0.2) is 9.69 Å². The summed E-state index contributed by atoms with van der Waals surface area (Å²) in [4.78, 5) is 25.3. The van der Waals surface area contributed by atoms with E-state index in [2.05, 4.69) is 0 Å². The van der Waals surface area contributed by atoms with Crippen molar-refractivity contribution < 1.29 is 14.3 Å². The highest BCUT2D eigenvalue weighted by Crippen LogP contribution is 2.19. The Morgan fingerprint density at radius 1 is 1.40 bits per heavy atom. The zero-order valence-electron chi connectivity index (χ0n) is 11.8. The van der Waals surface area contributed by atoms with E-state index in [0.29, 0.717) is 12.0 Å². The smallest absolute Gasteiger partial charge is 0.417 e. The van der Waals surface area contributed by atoms with Crippen LogP contribution in [0.2, 0.25) is 0 Å². The summed E-state index contributed by atoms with van der Waals surface area (Å²) in [6.45, 7) is 3.95. The van der Waals surface area contributed by atoms with Gasteiger partial charge in [0.1, 0.15) is 6.61 Å². The average molecular weight is 273 g/mol. The van der Waals surface area contributed by atoms with Crippen molar-refractivity contribution in [2.24, 2.45) is 0 Å². The second kappa shape index (κ2) is 6.37. The summed E-state index contributed by atoms with van der Waals surface area (Å²) in [5.41, 5.74) is 1.68.